The molecule has 1 aliphatic carbocycles. The van der Waals surface area contributed by atoms with Crippen molar-refractivity contribution in [2.24, 2.45) is 0 Å². The van der Waals surface area contributed by atoms with Gasteiger partial charge in [-0.15, -0.1) is 0 Å². The standard InChI is InChI=1S/C28H19Cl2N3O4/c29-22-2-1-3-23(30)26(22)27-21(28(37-33-27)17-5-6-17)15-35-20-10-18-7-8-19(11-24(18)31-13-20)36-25-9-4-16(14-34)12-32-25/h1-4,7-14,17H,5-6,15H2. The van der Waals surface area contributed by atoms with Gasteiger partial charge in [-0.2, -0.15) is 0 Å². The lowest BCUT2D eigenvalue weighted by Crippen LogP contribution is -2.00. The van der Waals surface area contributed by atoms with Gasteiger partial charge in [-0.05, 0) is 49.2 Å². The van der Waals surface area contributed by atoms with Crippen molar-refractivity contribution in [3.8, 4) is 28.6 Å². The van der Waals surface area contributed by atoms with E-state index in [1.54, 1.807) is 36.5 Å². The van der Waals surface area contributed by atoms with E-state index in [1.807, 2.05) is 24.3 Å². The van der Waals surface area contributed by atoms with Gasteiger partial charge < -0.3 is 14.0 Å². The molecule has 2 aromatic carbocycles. The van der Waals surface area contributed by atoms with Crippen molar-refractivity contribution in [2.45, 2.75) is 25.4 Å². The molecule has 0 unspecified atom stereocenters. The molecule has 0 bridgehead atoms. The molecule has 0 N–H and O–H groups in total. The van der Waals surface area contributed by atoms with E-state index in [4.69, 9.17) is 37.2 Å². The zero-order valence-corrected chi connectivity index (χ0v) is 20.9. The molecule has 0 saturated heterocycles. The number of aromatic nitrogens is 3. The second-order valence-electron chi connectivity index (χ2n) is 8.71. The molecule has 184 valence electrons. The van der Waals surface area contributed by atoms with Crippen molar-refractivity contribution in [2.75, 3.05) is 0 Å². The van der Waals surface area contributed by atoms with E-state index in [1.165, 1.54) is 6.20 Å². The first-order valence-electron chi connectivity index (χ1n) is 11.6. The van der Waals surface area contributed by atoms with Gasteiger partial charge in [0.15, 0.2) is 6.29 Å². The van der Waals surface area contributed by atoms with E-state index < -0.39 is 0 Å². The van der Waals surface area contributed by atoms with E-state index in [-0.39, 0.29) is 6.61 Å². The quantitative estimate of drug-likeness (QED) is 0.190. The van der Waals surface area contributed by atoms with Gasteiger partial charge in [0.2, 0.25) is 5.88 Å². The highest BCUT2D eigenvalue weighted by Gasteiger charge is 2.33. The molecule has 9 heteroatoms. The molecule has 37 heavy (non-hydrogen) atoms. The van der Waals surface area contributed by atoms with Crippen molar-refractivity contribution in [1.82, 2.24) is 15.1 Å². The summed E-state index contributed by atoms with van der Waals surface area (Å²) in [6.45, 7) is 0.239. The number of carbonyl (C=O) groups is 1. The number of benzene rings is 2. The Morgan fingerprint density at radius 2 is 1.81 bits per heavy atom. The third-order valence-electron chi connectivity index (χ3n) is 6.10. The van der Waals surface area contributed by atoms with Gasteiger partial charge in [0.25, 0.3) is 0 Å². The number of halogens is 2. The Bertz CT molecular complexity index is 1590. The molecule has 3 heterocycles. The summed E-state index contributed by atoms with van der Waals surface area (Å²) in [4.78, 5) is 19.5. The summed E-state index contributed by atoms with van der Waals surface area (Å²) in [6, 6.07) is 16.1. The Labute approximate surface area is 222 Å². The molecule has 0 aliphatic heterocycles. The van der Waals surface area contributed by atoms with E-state index in [9.17, 15) is 4.79 Å². The fraction of sp³-hybridized carbons (Fsp3) is 0.143. The molecule has 5 aromatic rings. The number of carbonyl (C=O) groups excluding carboxylic acids is 1. The summed E-state index contributed by atoms with van der Waals surface area (Å²) in [7, 11) is 0. The van der Waals surface area contributed by atoms with Crippen LogP contribution < -0.4 is 9.47 Å². The van der Waals surface area contributed by atoms with E-state index >= 15 is 0 Å². The number of fused-ring (bicyclic) bond motifs is 1. The Balaban J connectivity index is 1.23. The highest BCUT2D eigenvalue weighted by atomic mass is 35.5. The molecule has 3 aromatic heterocycles. The van der Waals surface area contributed by atoms with Gasteiger partial charge in [0.1, 0.15) is 29.6 Å². The van der Waals surface area contributed by atoms with Gasteiger partial charge in [0, 0.05) is 40.8 Å². The molecule has 7 nitrogen and oxygen atoms in total. The Morgan fingerprint density at radius 3 is 2.54 bits per heavy atom. The first-order chi connectivity index (χ1) is 18.1. The second kappa shape index (κ2) is 9.84. The van der Waals surface area contributed by atoms with Crippen LogP contribution in [-0.2, 0) is 6.61 Å². The molecular formula is C28H19Cl2N3O4. The summed E-state index contributed by atoms with van der Waals surface area (Å²) < 4.78 is 17.7. The zero-order valence-electron chi connectivity index (χ0n) is 19.4. The van der Waals surface area contributed by atoms with Crippen LogP contribution in [0.5, 0.6) is 17.4 Å². The van der Waals surface area contributed by atoms with Crippen LogP contribution in [0, 0.1) is 0 Å². The van der Waals surface area contributed by atoms with Crippen LogP contribution in [0.4, 0.5) is 0 Å². The van der Waals surface area contributed by atoms with Gasteiger partial charge >= 0.3 is 0 Å². The summed E-state index contributed by atoms with van der Waals surface area (Å²) in [5.41, 5.74) is 3.30. The summed E-state index contributed by atoms with van der Waals surface area (Å²) in [6.07, 6.45) is 5.96. The van der Waals surface area contributed by atoms with Crippen molar-refractivity contribution < 1.29 is 18.8 Å². The van der Waals surface area contributed by atoms with Crippen LogP contribution >= 0.6 is 23.2 Å². The van der Waals surface area contributed by atoms with Gasteiger partial charge in [0.05, 0.1) is 27.3 Å². The minimum atomic E-state index is 0.239. The van der Waals surface area contributed by atoms with E-state index in [0.717, 1.165) is 41.4 Å². The molecule has 0 amide bonds. The topological polar surface area (TPSA) is 87.3 Å². The van der Waals surface area contributed by atoms with Crippen LogP contribution in [0.25, 0.3) is 22.2 Å². The molecule has 6 rings (SSSR count). The number of rotatable bonds is 8. The lowest BCUT2D eigenvalue weighted by molar-refractivity contribution is 0.112. The molecular weight excluding hydrogens is 513 g/mol. The van der Waals surface area contributed by atoms with Gasteiger partial charge in [-0.3, -0.25) is 9.78 Å². The van der Waals surface area contributed by atoms with E-state index in [2.05, 4.69) is 15.1 Å². The number of pyridine rings is 2. The molecule has 0 atom stereocenters. The van der Waals surface area contributed by atoms with Crippen LogP contribution in [0.2, 0.25) is 10.0 Å². The lowest BCUT2D eigenvalue weighted by atomic mass is 10.0. The SMILES string of the molecule is O=Cc1ccc(Oc2ccc3cc(OCc4c(-c5c(Cl)cccc5Cl)noc4C4CC4)cnc3c2)nc1. The maximum atomic E-state index is 10.8. The van der Waals surface area contributed by atoms with Crippen LogP contribution in [0.3, 0.4) is 0 Å². The van der Waals surface area contributed by atoms with Gasteiger partial charge in [-0.25, -0.2) is 4.98 Å². The largest absolute Gasteiger partial charge is 0.487 e. The van der Waals surface area contributed by atoms with Gasteiger partial charge in [-0.1, -0.05) is 34.4 Å². The summed E-state index contributed by atoms with van der Waals surface area (Å²) in [5, 5.41) is 6.20. The van der Waals surface area contributed by atoms with Crippen LogP contribution in [0.15, 0.2) is 71.5 Å². The van der Waals surface area contributed by atoms with Crippen molar-refractivity contribution in [3.05, 3.63) is 93.9 Å². The highest BCUT2D eigenvalue weighted by molar-refractivity contribution is 6.39. The molecule has 1 fully saturated rings. The molecule has 1 saturated carbocycles. The Kier molecular flexibility index (Phi) is 6.24. The smallest absolute Gasteiger partial charge is 0.219 e. The maximum Gasteiger partial charge on any atom is 0.219 e. The number of hydrogen-bond donors (Lipinski definition) is 0. The normalized spacial score (nSPS) is 13.0. The lowest BCUT2D eigenvalue weighted by Gasteiger charge is -2.10. The van der Waals surface area contributed by atoms with Crippen LogP contribution in [-0.4, -0.2) is 21.4 Å². The third-order valence-corrected chi connectivity index (χ3v) is 6.73. The molecule has 1 aliphatic rings. The fourth-order valence-electron chi connectivity index (χ4n) is 4.07. The van der Waals surface area contributed by atoms with Crippen molar-refractivity contribution >= 4 is 40.4 Å². The maximum absolute atomic E-state index is 10.8. The van der Waals surface area contributed by atoms with E-state index in [0.29, 0.717) is 50.2 Å². The monoisotopic (exact) mass is 531 g/mol. The first-order valence-corrected chi connectivity index (χ1v) is 12.4. The minimum absolute atomic E-state index is 0.239. The molecule has 0 spiro atoms. The predicted octanol–water partition coefficient (Wildman–Crippen LogP) is 7.65. The first kappa shape index (κ1) is 23.5. The highest BCUT2D eigenvalue weighted by Crippen LogP contribution is 2.46. The van der Waals surface area contributed by atoms with Crippen LogP contribution in [0.1, 0.15) is 40.4 Å². The van der Waals surface area contributed by atoms with Crippen molar-refractivity contribution in [3.63, 3.8) is 0 Å². The average Bonchev–Trinajstić information content (AvgIpc) is 3.68. The third kappa shape index (κ3) is 4.88. The van der Waals surface area contributed by atoms with Crippen molar-refractivity contribution in [1.29, 1.82) is 0 Å². The number of aldehydes is 1. The fourth-order valence-corrected chi connectivity index (χ4v) is 4.65. The predicted molar refractivity (Wildman–Crippen MR) is 140 cm³/mol. The number of nitrogens with zero attached hydrogens (tertiary/aromatic N) is 3. The second-order valence-corrected chi connectivity index (χ2v) is 9.52. The summed E-state index contributed by atoms with van der Waals surface area (Å²) in [5.74, 6) is 2.72. The Hall–Kier alpha value is -3.94. The minimum Gasteiger partial charge on any atom is -0.487 e. The number of hydrogen-bond acceptors (Lipinski definition) is 7. The Morgan fingerprint density at radius 1 is 0.973 bits per heavy atom. The molecule has 0 radical (unpaired) electrons. The summed E-state index contributed by atoms with van der Waals surface area (Å²) >= 11 is 12.9. The number of ether oxygens (including phenoxy) is 2. The zero-order chi connectivity index (χ0) is 25.4. The average molecular weight is 532 g/mol.